The molecule has 0 fully saturated rings. The highest BCUT2D eigenvalue weighted by Crippen LogP contribution is 2.06. The molecule has 0 bridgehead atoms. The summed E-state index contributed by atoms with van der Waals surface area (Å²) < 4.78 is 0. The summed E-state index contributed by atoms with van der Waals surface area (Å²) in [6.07, 6.45) is 0.830. The van der Waals surface area contributed by atoms with Crippen LogP contribution in [0.4, 0.5) is 0 Å². The van der Waals surface area contributed by atoms with Gasteiger partial charge in [-0.15, -0.1) is 0 Å². The lowest BCUT2D eigenvalue weighted by molar-refractivity contribution is 0.350. The van der Waals surface area contributed by atoms with E-state index in [1.54, 1.807) is 0 Å². The molecule has 13 heavy (non-hydrogen) atoms. The van der Waals surface area contributed by atoms with E-state index in [2.05, 4.69) is 11.8 Å². The average molecular weight is 175 g/mol. The van der Waals surface area contributed by atoms with Gasteiger partial charge in [-0.2, -0.15) is 0 Å². The summed E-state index contributed by atoms with van der Waals surface area (Å²) in [6, 6.07) is 7.85. The first-order valence-corrected chi connectivity index (χ1v) is 4.26. The fraction of sp³-hybridized carbons (Fsp3) is 0.273. The van der Waals surface area contributed by atoms with Crippen LogP contribution >= 0.6 is 0 Å². The number of hydrogen-bond acceptors (Lipinski definition) is 2. The number of hydrogen-bond donors (Lipinski definition) is 2. The summed E-state index contributed by atoms with van der Waals surface area (Å²) in [5.74, 6) is 5.52. The summed E-state index contributed by atoms with van der Waals surface area (Å²) in [4.78, 5) is 0. The van der Waals surface area contributed by atoms with Crippen molar-refractivity contribution in [3.63, 3.8) is 0 Å². The van der Waals surface area contributed by atoms with Crippen molar-refractivity contribution in [1.82, 2.24) is 0 Å². The molecule has 0 aromatic heterocycles. The molecule has 0 atom stereocenters. The van der Waals surface area contributed by atoms with Gasteiger partial charge in [-0.05, 0) is 24.6 Å². The molecule has 3 N–H and O–H groups in total. The van der Waals surface area contributed by atoms with Crippen molar-refractivity contribution in [3.8, 4) is 11.8 Å². The van der Waals surface area contributed by atoms with Gasteiger partial charge in [0.1, 0.15) is 6.61 Å². The largest absolute Gasteiger partial charge is 0.384 e. The molecular weight excluding hydrogens is 162 g/mol. The van der Waals surface area contributed by atoms with Crippen molar-refractivity contribution >= 4 is 0 Å². The summed E-state index contributed by atoms with van der Waals surface area (Å²) in [5.41, 5.74) is 7.57. The summed E-state index contributed by atoms with van der Waals surface area (Å²) in [5, 5.41) is 8.55. The molecule has 0 saturated carbocycles. The van der Waals surface area contributed by atoms with E-state index in [0.29, 0.717) is 6.54 Å². The SMILES string of the molecule is NCCc1ccccc1C#CCO. The molecule has 0 spiro atoms. The number of rotatable bonds is 2. The fourth-order valence-electron chi connectivity index (χ4n) is 1.15. The van der Waals surface area contributed by atoms with Crippen molar-refractivity contribution in [2.45, 2.75) is 6.42 Å². The van der Waals surface area contributed by atoms with E-state index >= 15 is 0 Å². The Balaban J connectivity index is 2.90. The van der Waals surface area contributed by atoms with Crippen LogP contribution in [-0.4, -0.2) is 18.3 Å². The highest BCUT2D eigenvalue weighted by Gasteiger charge is 1.96. The van der Waals surface area contributed by atoms with Gasteiger partial charge in [-0.1, -0.05) is 30.0 Å². The molecule has 2 heteroatoms. The second kappa shape index (κ2) is 5.36. The van der Waals surface area contributed by atoms with Crippen LogP contribution in [0.15, 0.2) is 24.3 Å². The lowest BCUT2D eigenvalue weighted by Crippen LogP contribution is -2.04. The molecule has 1 rings (SSSR count). The molecular formula is C11H13NO. The third-order valence-electron chi connectivity index (χ3n) is 1.73. The summed E-state index contributed by atoms with van der Waals surface area (Å²) >= 11 is 0. The van der Waals surface area contributed by atoms with E-state index in [1.165, 1.54) is 0 Å². The van der Waals surface area contributed by atoms with E-state index in [9.17, 15) is 0 Å². The number of benzene rings is 1. The first kappa shape index (κ1) is 9.79. The summed E-state index contributed by atoms with van der Waals surface area (Å²) in [7, 11) is 0. The lowest BCUT2D eigenvalue weighted by atomic mass is 10.1. The van der Waals surface area contributed by atoms with Crippen molar-refractivity contribution < 1.29 is 5.11 Å². The van der Waals surface area contributed by atoms with Crippen molar-refractivity contribution in [2.75, 3.05) is 13.2 Å². The standard InChI is InChI=1S/C11H13NO/c12-8-7-11-5-2-1-4-10(11)6-3-9-13/h1-2,4-5,13H,7-9,12H2. The molecule has 0 aliphatic carbocycles. The van der Waals surface area contributed by atoms with Crippen LogP contribution in [0.25, 0.3) is 0 Å². The minimum absolute atomic E-state index is 0.100. The van der Waals surface area contributed by atoms with E-state index < -0.39 is 0 Å². The highest BCUT2D eigenvalue weighted by molar-refractivity contribution is 5.41. The minimum Gasteiger partial charge on any atom is -0.384 e. The Labute approximate surface area is 78.4 Å². The first-order valence-electron chi connectivity index (χ1n) is 4.26. The van der Waals surface area contributed by atoms with E-state index in [0.717, 1.165) is 17.5 Å². The lowest BCUT2D eigenvalue weighted by Gasteiger charge is -2.00. The molecule has 2 nitrogen and oxygen atoms in total. The second-order valence-electron chi connectivity index (χ2n) is 2.66. The predicted molar refractivity (Wildman–Crippen MR) is 53.2 cm³/mol. The van der Waals surface area contributed by atoms with Crippen LogP contribution in [0.1, 0.15) is 11.1 Å². The van der Waals surface area contributed by atoms with Gasteiger partial charge in [0.05, 0.1) is 0 Å². The monoisotopic (exact) mass is 175 g/mol. The minimum atomic E-state index is -0.100. The van der Waals surface area contributed by atoms with Crippen molar-refractivity contribution in [1.29, 1.82) is 0 Å². The number of aliphatic hydroxyl groups excluding tert-OH is 1. The van der Waals surface area contributed by atoms with Gasteiger partial charge in [-0.25, -0.2) is 0 Å². The quantitative estimate of drug-likeness (QED) is 0.644. The smallest absolute Gasteiger partial charge is 0.104 e. The van der Waals surface area contributed by atoms with E-state index in [1.807, 2.05) is 24.3 Å². The van der Waals surface area contributed by atoms with Gasteiger partial charge < -0.3 is 10.8 Å². The Morgan fingerprint density at radius 2 is 2.08 bits per heavy atom. The maximum absolute atomic E-state index is 8.55. The summed E-state index contributed by atoms with van der Waals surface area (Å²) in [6.45, 7) is 0.523. The Morgan fingerprint density at radius 3 is 2.77 bits per heavy atom. The number of aliphatic hydroxyl groups is 1. The molecule has 0 saturated heterocycles. The third kappa shape index (κ3) is 2.90. The molecule has 0 radical (unpaired) electrons. The molecule has 0 heterocycles. The van der Waals surface area contributed by atoms with Crippen LogP contribution in [0.5, 0.6) is 0 Å². The van der Waals surface area contributed by atoms with Gasteiger partial charge in [0.25, 0.3) is 0 Å². The van der Waals surface area contributed by atoms with Crippen LogP contribution in [-0.2, 0) is 6.42 Å². The van der Waals surface area contributed by atoms with Crippen molar-refractivity contribution in [3.05, 3.63) is 35.4 Å². The molecule has 1 aromatic rings. The van der Waals surface area contributed by atoms with Gasteiger partial charge in [0.2, 0.25) is 0 Å². The Hall–Kier alpha value is -1.30. The Kier molecular flexibility index (Phi) is 4.04. The molecule has 68 valence electrons. The van der Waals surface area contributed by atoms with Crippen LogP contribution in [0.2, 0.25) is 0 Å². The normalized spacial score (nSPS) is 9.08. The fourth-order valence-corrected chi connectivity index (χ4v) is 1.15. The predicted octanol–water partition coefficient (Wildman–Crippen LogP) is 0.532. The Bertz CT molecular complexity index is 322. The second-order valence-corrected chi connectivity index (χ2v) is 2.66. The van der Waals surface area contributed by atoms with Crippen LogP contribution in [0, 0.1) is 11.8 Å². The molecule has 0 aliphatic heterocycles. The maximum Gasteiger partial charge on any atom is 0.104 e. The van der Waals surface area contributed by atoms with E-state index in [-0.39, 0.29) is 6.61 Å². The Morgan fingerprint density at radius 1 is 1.31 bits per heavy atom. The van der Waals surface area contributed by atoms with Crippen molar-refractivity contribution in [2.24, 2.45) is 5.73 Å². The maximum atomic E-state index is 8.55. The van der Waals surface area contributed by atoms with Gasteiger partial charge >= 0.3 is 0 Å². The van der Waals surface area contributed by atoms with Gasteiger partial charge in [0, 0.05) is 5.56 Å². The molecule has 0 aliphatic rings. The van der Waals surface area contributed by atoms with Gasteiger partial charge in [0.15, 0.2) is 0 Å². The highest BCUT2D eigenvalue weighted by atomic mass is 16.2. The average Bonchev–Trinajstić information content (AvgIpc) is 2.17. The van der Waals surface area contributed by atoms with Gasteiger partial charge in [-0.3, -0.25) is 0 Å². The number of nitrogens with two attached hydrogens (primary N) is 1. The first-order chi connectivity index (χ1) is 6.38. The zero-order chi connectivity index (χ0) is 9.52. The van der Waals surface area contributed by atoms with E-state index in [4.69, 9.17) is 10.8 Å². The van der Waals surface area contributed by atoms with Crippen LogP contribution < -0.4 is 5.73 Å². The third-order valence-corrected chi connectivity index (χ3v) is 1.73. The topological polar surface area (TPSA) is 46.2 Å². The molecule has 1 aromatic carbocycles. The zero-order valence-electron chi connectivity index (χ0n) is 7.46. The molecule has 0 unspecified atom stereocenters. The molecule has 0 amide bonds. The zero-order valence-corrected chi connectivity index (χ0v) is 7.46. The van der Waals surface area contributed by atoms with Crippen LogP contribution in [0.3, 0.4) is 0 Å².